The summed E-state index contributed by atoms with van der Waals surface area (Å²) in [5.41, 5.74) is 0. The van der Waals surface area contributed by atoms with E-state index in [1.807, 2.05) is 19.1 Å². The van der Waals surface area contributed by atoms with Crippen LogP contribution in [0.1, 0.15) is 27.7 Å². The van der Waals surface area contributed by atoms with Crippen LogP contribution in [0.25, 0.3) is 0 Å². The molecule has 0 aliphatic carbocycles. The third-order valence-electron chi connectivity index (χ3n) is 1.53. The summed E-state index contributed by atoms with van der Waals surface area (Å²) in [6, 6.07) is 0.540. The number of nitrogens with one attached hydrogen (secondary N) is 1. The average molecular weight is 171 g/mol. The highest BCUT2D eigenvalue weighted by molar-refractivity contribution is 4.76. The minimum atomic E-state index is 0.295. The Morgan fingerprint density at radius 1 is 1.33 bits per heavy atom. The summed E-state index contributed by atoms with van der Waals surface area (Å²) in [7, 11) is 0. The van der Waals surface area contributed by atoms with Gasteiger partial charge in [0.2, 0.25) is 0 Å². The van der Waals surface area contributed by atoms with Gasteiger partial charge in [0.15, 0.2) is 0 Å². The molecule has 0 radical (unpaired) electrons. The largest absolute Gasteiger partial charge is 0.373 e. The predicted octanol–water partition coefficient (Wildman–Crippen LogP) is 1.97. The zero-order chi connectivity index (χ0) is 9.40. The fourth-order valence-corrected chi connectivity index (χ4v) is 0.777. The van der Waals surface area contributed by atoms with Crippen LogP contribution in [0.4, 0.5) is 0 Å². The maximum atomic E-state index is 5.48. The molecule has 0 heterocycles. The van der Waals surface area contributed by atoms with E-state index >= 15 is 0 Å². The maximum Gasteiger partial charge on any atom is 0.0675 e. The molecule has 12 heavy (non-hydrogen) atoms. The first-order chi connectivity index (χ1) is 5.66. The van der Waals surface area contributed by atoms with Gasteiger partial charge in [-0.3, -0.25) is 0 Å². The van der Waals surface area contributed by atoms with E-state index in [1.165, 1.54) is 0 Å². The Hall–Kier alpha value is -0.340. The van der Waals surface area contributed by atoms with Crippen LogP contribution in [0.2, 0.25) is 0 Å². The molecule has 2 heteroatoms. The second-order valence-electron chi connectivity index (χ2n) is 3.28. The lowest BCUT2D eigenvalue weighted by Crippen LogP contribution is -2.31. The summed E-state index contributed by atoms with van der Waals surface area (Å²) in [4.78, 5) is 0. The molecule has 1 atom stereocenters. The third kappa shape index (κ3) is 7.76. The minimum absolute atomic E-state index is 0.295. The first-order valence-corrected chi connectivity index (χ1v) is 4.63. The summed E-state index contributed by atoms with van der Waals surface area (Å²) >= 11 is 0. The number of ether oxygens (including phenoxy) is 1. The minimum Gasteiger partial charge on any atom is -0.373 e. The lowest BCUT2D eigenvalue weighted by molar-refractivity contribution is 0.0863. The van der Waals surface area contributed by atoms with Crippen molar-refractivity contribution >= 4 is 0 Å². The maximum absolute atomic E-state index is 5.48. The van der Waals surface area contributed by atoms with Crippen molar-refractivity contribution in [3.63, 3.8) is 0 Å². The molecule has 1 N–H and O–H groups in total. The SMILES string of the molecule is CC=CCOC(C)CNC(C)C. The molecule has 0 saturated carbocycles. The summed E-state index contributed by atoms with van der Waals surface area (Å²) in [6.45, 7) is 10.0. The van der Waals surface area contributed by atoms with E-state index in [1.54, 1.807) is 0 Å². The van der Waals surface area contributed by atoms with Crippen molar-refractivity contribution in [2.45, 2.75) is 39.8 Å². The standard InChI is InChI=1S/C10H21NO/c1-5-6-7-12-10(4)8-11-9(2)3/h5-6,9-11H,7-8H2,1-4H3. The smallest absolute Gasteiger partial charge is 0.0675 e. The molecular formula is C10H21NO. The van der Waals surface area contributed by atoms with E-state index in [-0.39, 0.29) is 0 Å². The fraction of sp³-hybridized carbons (Fsp3) is 0.800. The number of hydrogen-bond acceptors (Lipinski definition) is 2. The molecule has 0 aromatic rings. The van der Waals surface area contributed by atoms with Gasteiger partial charge in [0.1, 0.15) is 0 Å². The van der Waals surface area contributed by atoms with Gasteiger partial charge in [-0.05, 0) is 13.8 Å². The Bertz CT molecular complexity index is 121. The van der Waals surface area contributed by atoms with Crippen molar-refractivity contribution in [1.82, 2.24) is 5.32 Å². The number of hydrogen-bond donors (Lipinski definition) is 1. The molecule has 0 aliphatic heterocycles. The highest BCUT2D eigenvalue weighted by Gasteiger charge is 2.00. The summed E-state index contributed by atoms with van der Waals surface area (Å²) in [6.07, 6.45) is 4.32. The van der Waals surface area contributed by atoms with E-state index in [9.17, 15) is 0 Å². The van der Waals surface area contributed by atoms with Gasteiger partial charge in [-0.25, -0.2) is 0 Å². The van der Waals surface area contributed by atoms with Crippen LogP contribution >= 0.6 is 0 Å². The van der Waals surface area contributed by atoms with Crippen molar-refractivity contribution in [2.24, 2.45) is 0 Å². The Labute approximate surface area is 76.0 Å². The van der Waals surface area contributed by atoms with Crippen LogP contribution in [0, 0.1) is 0 Å². The first kappa shape index (κ1) is 11.7. The zero-order valence-electron chi connectivity index (χ0n) is 8.63. The van der Waals surface area contributed by atoms with Gasteiger partial charge in [0, 0.05) is 12.6 Å². The number of allylic oxidation sites excluding steroid dienone is 1. The van der Waals surface area contributed by atoms with Gasteiger partial charge in [0.05, 0.1) is 12.7 Å². The monoisotopic (exact) mass is 171 g/mol. The van der Waals surface area contributed by atoms with Gasteiger partial charge in [-0.1, -0.05) is 26.0 Å². The second kappa shape index (κ2) is 7.32. The van der Waals surface area contributed by atoms with Gasteiger partial charge in [0.25, 0.3) is 0 Å². The van der Waals surface area contributed by atoms with Crippen LogP contribution in [0.5, 0.6) is 0 Å². The normalized spacial score (nSPS) is 14.4. The molecule has 0 aromatic heterocycles. The lowest BCUT2D eigenvalue weighted by atomic mass is 10.3. The molecule has 0 fully saturated rings. The van der Waals surface area contributed by atoms with Crippen molar-refractivity contribution in [1.29, 1.82) is 0 Å². The molecule has 0 bridgehead atoms. The van der Waals surface area contributed by atoms with Crippen LogP contribution in [0.15, 0.2) is 12.2 Å². The molecule has 0 rings (SSSR count). The van der Waals surface area contributed by atoms with Gasteiger partial charge >= 0.3 is 0 Å². The second-order valence-corrected chi connectivity index (χ2v) is 3.28. The van der Waals surface area contributed by atoms with E-state index in [0.717, 1.165) is 13.2 Å². The Balaban J connectivity index is 3.27. The van der Waals surface area contributed by atoms with E-state index in [4.69, 9.17) is 4.74 Å². The Kier molecular flexibility index (Phi) is 7.11. The highest BCUT2D eigenvalue weighted by atomic mass is 16.5. The van der Waals surface area contributed by atoms with Gasteiger partial charge in [-0.2, -0.15) is 0 Å². The lowest BCUT2D eigenvalue weighted by Gasteiger charge is -2.14. The van der Waals surface area contributed by atoms with Crippen molar-refractivity contribution in [3.05, 3.63) is 12.2 Å². The molecule has 1 unspecified atom stereocenters. The van der Waals surface area contributed by atoms with Crippen molar-refractivity contribution in [3.8, 4) is 0 Å². The van der Waals surface area contributed by atoms with E-state index in [2.05, 4.69) is 26.1 Å². The first-order valence-electron chi connectivity index (χ1n) is 4.63. The Morgan fingerprint density at radius 2 is 2.00 bits per heavy atom. The van der Waals surface area contributed by atoms with E-state index in [0.29, 0.717) is 12.1 Å². The van der Waals surface area contributed by atoms with Crippen LogP contribution < -0.4 is 5.32 Å². The third-order valence-corrected chi connectivity index (χ3v) is 1.53. The van der Waals surface area contributed by atoms with Gasteiger partial charge in [-0.15, -0.1) is 0 Å². The molecular weight excluding hydrogens is 150 g/mol. The quantitative estimate of drug-likeness (QED) is 0.617. The topological polar surface area (TPSA) is 21.3 Å². The molecule has 2 nitrogen and oxygen atoms in total. The molecule has 72 valence electrons. The summed E-state index contributed by atoms with van der Waals surface area (Å²) < 4.78 is 5.48. The van der Waals surface area contributed by atoms with Crippen LogP contribution in [-0.4, -0.2) is 25.3 Å². The van der Waals surface area contributed by atoms with Crippen LogP contribution in [0.3, 0.4) is 0 Å². The summed E-state index contributed by atoms with van der Waals surface area (Å²) in [5, 5.41) is 3.32. The van der Waals surface area contributed by atoms with E-state index < -0.39 is 0 Å². The molecule has 0 spiro atoms. The van der Waals surface area contributed by atoms with Crippen molar-refractivity contribution < 1.29 is 4.74 Å². The molecule has 0 saturated heterocycles. The number of rotatable bonds is 6. The fourth-order valence-electron chi connectivity index (χ4n) is 0.777. The van der Waals surface area contributed by atoms with Crippen molar-refractivity contribution in [2.75, 3.05) is 13.2 Å². The highest BCUT2D eigenvalue weighted by Crippen LogP contribution is 1.90. The summed E-state index contributed by atoms with van der Waals surface area (Å²) in [5.74, 6) is 0. The van der Waals surface area contributed by atoms with Gasteiger partial charge < -0.3 is 10.1 Å². The molecule has 0 amide bonds. The predicted molar refractivity (Wildman–Crippen MR) is 53.4 cm³/mol. The average Bonchev–Trinajstić information content (AvgIpc) is 2.01. The molecule has 0 aromatic carbocycles. The molecule has 0 aliphatic rings. The Morgan fingerprint density at radius 3 is 2.50 bits per heavy atom. The zero-order valence-corrected chi connectivity index (χ0v) is 8.63. The van der Waals surface area contributed by atoms with Crippen LogP contribution in [-0.2, 0) is 4.74 Å².